The van der Waals surface area contributed by atoms with E-state index in [9.17, 15) is 9.59 Å². The second kappa shape index (κ2) is 9.24. The van der Waals surface area contributed by atoms with Gasteiger partial charge in [-0.1, -0.05) is 6.07 Å². The molecule has 3 rings (SSSR count). The lowest BCUT2D eigenvalue weighted by atomic mass is 10.0. The molecule has 1 aromatic carbocycles. The minimum atomic E-state index is -0.330. The van der Waals surface area contributed by atoms with Gasteiger partial charge in [0.05, 0.1) is 12.6 Å². The van der Waals surface area contributed by atoms with Crippen LogP contribution in [0.4, 0.5) is 0 Å². The number of fused-ring (bicyclic) bond motifs is 1. The minimum absolute atomic E-state index is 0.0438. The third-order valence-corrected chi connectivity index (χ3v) is 5.60. The highest BCUT2D eigenvalue weighted by Crippen LogP contribution is 2.32. The number of hydrogen-bond donors (Lipinski definition) is 1. The van der Waals surface area contributed by atoms with Gasteiger partial charge in [-0.05, 0) is 62.9 Å². The van der Waals surface area contributed by atoms with Crippen LogP contribution in [0.25, 0.3) is 0 Å². The molecule has 1 N–H and O–H groups in total. The number of nitrogens with one attached hydrogen (secondary N) is 1. The summed E-state index contributed by atoms with van der Waals surface area (Å²) in [5.41, 5.74) is 4.38. The Morgan fingerprint density at radius 1 is 1.20 bits per heavy atom. The molecule has 1 atom stereocenters. The van der Waals surface area contributed by atoms with Crippen molar-refractivity contribution in [3.63, 3.8) is 0 Å². The maximum atomic E-state index is 12.6. The van der Waals surface area contributed by atoms with Gasteiger partial charge < -0.3 is 24.1 Å². The Bertz CT molecular complexity index is 948. The molecule has 7 nitrogen and oxygen atoms in total. The smallest absolute Gasteiger partial charge is 0.355 e. The summed E-state index contributed by atoms with van der Waals surface area (Å²) in [6.07, 6.45) is 0.896. The first-order chi connectivity index (χ1) is 14.3. The first-order valence-corrected chi connectivity index (χ1v) is 10.3. The Balaban J connectivity index is 1.63. The second-order valence-electron chi connectivity index (χ2n) is 7.51. The molecule has 0 saturated carbocycles. The summed E-state index contributed by atoms with van der Waals surface area (Å²) in [7, 11) is 1.85. The number of aromatic nitrogens is 1. The van der Waals surface area contributed by atoms with Gasteiger partial charge in [0.1, 0.15) is 18.9 Å². The monoisotopic (exact) mass is 414 g/mol. The van der Waals surface area contributed by atoms with Crippen LogP contribution >= 0.6 is 0 Å². The van der Waals surface area contributed by atoms with Crippen LogP contribution in [0.15, 0.2) is 18.2 Å². The number of nitrogens with zero attached hydrogens (tertiary/aromatic N) is 1. The fourth-order valence-corrected chi connectivity index (χ4v) is 3.86. The van der Waals surface area contributed by atoms with E-state index in [0.717, 1.165) is 28.1 Å². The average Bonchev–Trinajstić information content (AvgIpc) is 2.94. The molecule has 1 aliphatic rings. The van der Waals surface area contributed by atoms with Gasteiger partial charge in [-0.25, -0.2) is 4.79 Å². The lowest BCUT2D eigenvalue weighted by molar-refractivity contribution is -0.121. The molecule has 0 saturated heterocycles. The molecule has 0 aliphatic carbocycles. The quantitative estimate of drug-likeness (QED) is 0.703. The SMILES string of the molecule is CCOC(=O)c1c(C)c(CCC(=O)NC(C)c2ccc3c(c2)OCCO3)c(C)n1C. The molecule has 0 radical (unpaired) electrons. The molecule has 2 aromatic rings. The van der Waals surface area contributed by atoms with Crippen molar-refractivity contribution < 1.29 is 23.8 Å². The van der Waals surface area contributed by atoms with Gasteiger partial charge in [-0.3, -0.25) is 4.79 Å². The highest BCUT2D eigenvalue weighted by atomic mass is 16.6. The topological polar surface area (TPSA) is 78.8 Å². The van der Waals surface area contributed by atoms with Gasteiger partial charge in [0.2, 0.25) is 5.91 Å². The van der Waals surface area contributed by atoms with Gasteiger partial charge in [-0.15, -0.1) is 0 Å². The molecule has 162 valence electrons. The average molecular weight is 415 g/mol. The molecule has 1 unspecified atom stereocenters. The number of carbonyl (C=O) groups is 2. The van der Waals surface area contributed by atoms with Gasteiger partial charge in [0.15, 0.2) is 11.5 Å². The number of benzene rings is 1. The van der Waals surface area contributed by atoms with E-state index >= 15 is 0 Å². The lowest BCUT2D eigenvalue weighted by Gasteiger charge is -2.21. The highest BCUT2D eigenvalue weighted by molar-refractivity contribution is 5.90. The fourth-order valence-electron chi connectivity index (χ4n) is 3.86. The third kappa shape index (κ3) is 4.45. The summed E-state index contributed by atoms with van der Waals surface area (Å²) >= 11 is 0. The number of esters is 1. The number of hydrogen-bond acceptors (Lipinski definition) is 5. The van der Waals surface area contributed by atoms with Crippen molar-refractivity contribution in [1.29, 1.82) is 0 Å². The molecule has 7 heteroatoms. The van der Waals surface area contributed by atoms with Crippen LogP contribution in [-0.2, 0) is 23.0 Å². The van der Waals surface area contributed by atoms with E-state index in [2.05, 4.69) is 5.32 Å². The number of ether oxygens (including phenoxy) is 3. The van der Waals surface area contributed by atoms with Crippen LogP contribution in [0.3, 0.4) is 0 Å². The molecule has 2 heterocycles. The Kier molecular flexibility index (Phi) is 6.70. The van der Waals surface area contributed by atoms with Gasteiger partial charge in [0, 0.05) is 19.2 Å². The summed E-state index contributed by atoms with van der Waals surface area (Å²) in [4.78, 5) is 24.8. The zero-order valence-electron chi connectivity index (χ0n) is 18.3. The van der Waals surface area contributed by atoms with E-state index in [1.54, 1.807) is 6.92 Å². The van der Waals surface area contributed by atoms with E-state index in [1.165, 1.54) is 0 Å². The van der Waals surface area contributed by atoms with Gasteiger partial charge in [0.25, 0.3) is 0 Å². The van der Waals surface area contributed by atoms with Crippen LogP contribution in [0.2, 0.25) is 0 Å². The molecular weight excluding hydrogens is 384 g/mol. The van der Waals surface area contributed by atoms with Crippen molar-refractivity contribution in [2.24, 2.45) is 7.05 Å². The van der Waals surface area contributed by atoms with Gasteiger partial charge in [-0.2, -0.15) is 0 Å². The summed E-state index contributed by atoms with van der Waals surface area (Å²) in [5.74, 6) is 1.07. The Hall–Kier alpha value is -2.96. The molecular formula is C23H30N2O5. The maximum absolute atomic E-state index is 12.6. The standard InChI is InChI=1S/C23H30N2O5/c1-6-28-23(27)22-14(2)18(16(4)25(22)5)8-10-21(26)24-15(3)17-7-9-19-20(13-17)30-12-11-29-19/h7,9,13,15H,6,8,10-12H2,1-5H3,(H,24,26). The summed E-state index contributed by atoms with van der Waals surface area (Å²) in [6.45, 7) is 9.01. The highest BCUT2D eigenvalue weighted by Gasteiger charge is 2.22. The number of amides is 1. The predicted octanol–water partition coefficient (Wildman–Crippen LogP) is 3.40. The summed E-state index contributed by atoms with van der Waals surface area (Å²) < 4.78 is 18.2. The largest absolute Gasteiger partial charge is 0.486 e. The van der Waals surface area contributed by atoms with Crippen LogP contribution in [-0.4, -0.2) is 36.3 Å². The Morgan fingerprint density at radius 2 is 1.90 bits per heavy atom. The van der Waals surface area contributed by atoms with Crippen LogP contribution in [0.1, 0.15) is 59.2 Å². The van der Waals surface area contributed by atoms with E-state index in [0.29, 0.717) is 44.1 Å². The van der Waals surface area contributed by atoms with Crippen molar-refractivity contribution in [1.82, 2.24) is 9.88 Å². The molecule has 30 heavy (non-hydrogen) atoms. The van der Waals surface area contributed by atoms with E-state index in [-0.39, 0.29) is 17.9 Å². The third-order valence-electron chi connectivity index (χ3n) is 5.60. The minimum Gasteiger partial charge on any atom is -0.486 e. The second-order valence-corrected chi connectivity index (χ2v) is 7.51. The van der Waals surface area contributed by atoms with Crippen molar-refractivity contribution in [2.45, 2.75) is 46.6 Å². The maximum Gasteiger partial charge on any atom is 0.355 e. The van der Waals surface area contributed by atoms with Crippen molar-refractivity contribution >= 4 is 11.9 Å². The molecule has 0 fully saturated rings. The zero-order valence-corrected chi connectivity index (χ0v) is 18.3. The predicted molar refractivity (Wildman–Crippen MR) is 113 cm³/mol. The molecule has 1 aromatic heterocycles. The zero-order chi connectivity index (χ0) is 21.8. The molecule has 0 bridgehead atoms. The normalized spacial score (nSPS) is 13.6. The first-order valence-electron chi connectivity index (χ1n) is 10.3. The van der Waals surface area contributed by atoms with E-state index in [1.807, 2.05) is 50.6 Å². The molecule has 1 aliphatic heterocycles. The van der Waals surface area contributed by atoms with Crippen molar-refractivity contribution in [3.05, 3.63) is 46.3 Å². The fraction of sp³-hybridized carbons (Fsp3) is 0.478. The first kappa shape index (κ1) is 21.7. The Morgan fingerprint density at radius 3 is 2.60 bits per heavy atom. The van der Waals surface area contributed by atoms with Crippen LogP contribution in [0, 0.1) is 13.8 Å². The number of carbonyl (C=O) groups excluding carboxylic acids is 2. The van der Waals surface area contributed by atoms with E-state index < -0.39 is 0 Å². The Labute approximate surface area is 177 Å². The van der Waals surface area contributed by atoms with Crippen molar-refractivity contribution in [2.75, 3.05) is 19.8 Å². The van der Waals surface area contributed by atoms with Crippen molar-refractivity contribution in [3.8, 4) is 11.5 Å². The molecule has 1 amide bonds. The summed E-state index contributed by atoms with van der Waals surface area (Å²) in [6, 6.07) is 5.58. The van der Waals surface area contributed by atoms with Crippen LogP contribution < -0.4 is 14.8 Å². The van der Waals surface area contributed by atoms with Crippen LogP contribution in [0.5, 0.6) is 11.5 Å². The van der Waals surface area contributed by atoms with E-state index in [4.69, 9.17) is 14.2 Å². The molecule has 0 spiro atoms. The summed E-state index contributed by atoms with van der Waals surface area (Å²) in [5, 5.41) is 3.04. The number of rotatable bonds is 7. The van der Waals surface area contributed by atoms with Gasteiger partial charge >= 0.3 is 5.97 Å². The lowest BCUT2D eigenvalue weighted by Crippen LogP contribution is -2.27.